The summed E-state index contributed by atoms with van der Waals surface area (Å²) in [7, 11) is 0. The van der Waals surface area contributed by atoms with Gasteiger partial charge >= 0.3 is 0 Å². The monoisotopic (exact) mass is 157 g/mol. The fraction of sp³-hybridized carbons (Fsp3) is 1.00. The van der Waals surface area contributed by atoms with Crippen LogP contribution in [-0.2, 0) is 0 Å². The maximum absolute atomic E-state index is 5.93. The average Bonchev–Trinajstić information content (AvgIpc) is 2.06. The van der Waals surface area contributed by atoms with E-state index < -0.39 is 0 Å². The Kier molecular flexibility index (Phi) is 2.87. The van der Waals surface area contributed by atoms with E-state index in [2.05, 4.69) is 19.2 Å². The van der Waals surface area contributed by atoms with Crippen molar-refractivity contribution in [1.82, 2.24) is 10.3 Å². The quantitative estimate of drug-likeness (QED) is 0.567. The summed E-state index contributed by atoms with van der Waals surface area (Å²) in [4.78, 5) is 0. The first kappa shape index (κ1) is 8.97. The van der Waals surface area contributed by atoms with Crippen LogP contribution in [0.25, 0.3) is 0 Å². The number of nitrogens with two attached hydrogens (primary N) is 1. The Balaban J connectivity index is 2.61. The van der Waals surface area contributed by atoms with Crippen LogP contribution in [-0.4, -0.2) is 30.2 Å². The molecule has 0 spiro atoms. The molecule has 3 heteroatoms. The SMILES string of the molecule is CCC1(CC)CNCCN1N. The summed E-state index contributed by atoms with van der Waals surface area (Å²) >= 11 is 0. The largest absolute Gasteiger partial charge is 0.314 e. The highest BCUT2D eigenvalue weighted by Gasteiger charge is 2.33. The smallest absolute Gasteiger partial charge is 0.0471 e. The van der Waals surface area contributed by atoms with Gasteiger partial charge in [-0.1, -0.05) is 13.8 Å². The second-order valence-electron chi connectivity index (χ2n) is 3.30. The van der Waals surface area contributed by atoms with Gasteiger partial charge in [0.05, 0.1) is 0 Å². The van der Waals surface area contributed by atoms with Crippen LogP contribution < -0.4 is 11.2 Å². The topological polar surface area (TPSA) is 41.3 Å². The van der Waals surface area contributed by atoms with Gasteiger partial charge in [0, 0.05) is 25.2 Å². The van der Waals surface area contributed by atoms with Crippen molar-refractivity contribution in [1.29, 1.82) is 0 Å². The van der Waals surface area contributed by atoms with E-state index in [1.54, 1.807) is 0 Å². The predicted octanol–water partition coefficient (Wildman–Crippen LogP) is 0.324. The van der Waals surface area contributed by atoms with Crippen molar-refractivity contribution in [3.8, 4) is 0 Å². The molecule has 0 radical (unpaired) electrons. The zero-order valence-corrected chi connectivity index (χ0v) is 7.56. The molecule has 0 aromatic heterocycles. The first-order valence-electron chi connectivity index (χ1n) is 4.48. The Labute approximate surface area is 68.9 Å². The maximum atomic E-state index is 5.93. The molecule has 0 amide bonds. The van der Waals surface area contributed by atoms with E-state index in [-0.39, 0.29) is 5.54 Å². The Bertz CT molecular complexity index is 121. The average molecular weight is 157 g/mol. The molecule has 0 unspecified atom stereocenters. The molecule has 3 nitrogen and oxygen atoms in total. The van der Waals surface area contributed by atoms with E-state index in [4.69, 9.17) is 5.84 Å². The molecule has 1 heterocycles. The van der Waals surface area contributed by atoms with Crippen LogP contribution in [0.2, 0.25) is 0 Å². The lowest BCUT2D eigenvalue weighted by molar-refractivity contribution is 0.0522. The fourth-order valence-electron chi connectivity index (χ4n) is 1.77. The lowest BCUT2D eigenvalue weighted by atomic mass is 9.90. The Morgan fingerprint density at radius 2 is 2.09 bits per heavy atom. The highest BCUT2D eigenvalue weighted by Crippen LogP contribution is 2.21. The predicted molar refractivity (Wildman–Crippen MR) is 47.1 cm³/mol. The minimum absolute atomic E-state index is 0.220. The van der Waals surface area contributed by atoms with Crippen molar-refractivity contribution >= 4 is 0 Å². The molecule has 3 N–H and O–H groups in total. The summed E-state index contributed by atoms with van der Waals surface area (Å²) in [5, 5.41) is 5.39. The van der Waals surface area contributed by atoms with Crippen molar-refractivity contribution < 1.29 is 0 Å². The number of nitrogens with one attached hydrogen (secondary N) is 1. The molecule has 66 valence electrons. The molecular formula is C8H19N3. The van der Waals surface area contributed by atoms with Gasteiger partial charge in [0.2, 0.25) is 0 Å². The molecule has 1 aliphatic heterocycles. The van der Waals surface area contributed by atoms with Gasteiger partial charge in [0.1, 0.15) is 0 Å². The van der Waals surface area contributed by atoms with Crippen LogP contribution in [0.4, 0.5) is 0 Å². The first-order valence-corrected chi connectivity index (χ1v) is 4.48. The summed E-state index contributed by atoms with van der Waals surface area (Å²) in [5.41, 5.74) is 0.220. The van der Waals surface area contributed by atoms with Gasteiger partial charge in [-0.2, -0.15) is 0 Å². The molecule has 1 fully saturated rings. The van der Waals surface area contributed by atoms with Crippen molar-refractivity contribution in [2.24, 2.45) is 5.84 Å². The minimum Gasteiger partial charge on any atom is -0.314 e. The summed E-state index contributed by atoms with van der Waals surface area (Å²) in [6, 6.07) is 0. The van der Waals surface area contributed by atoms with E-state index >= 15 is 0 Å². The molecule has 0 aromatic carbocycles. The Hall–Kier alpha value is -0.120. The van der Waals surface area contributed by atoms with Crippen molar-refractivity contribution in [2.45, 2.75) is 32.2 Å². The molecule has 0 bridgehead atoms. The van der Waals surface area contributed by atoms with E-state index in [0.29, 0.717) is 0 Å². The molecule has 1 aliphatic rings. The van der Waals surface area contributed by atoms with Crippen LogP contribution >= 0.6 is 0 Å². The van der Waals surface area contributed by atoms with Crippen LogP contribution in [0.15, 0.2) is 0 Å². The number of hydrogen-bond donors (Lipinski definition) is 2. The zero-order chi connectivity index (χ0) is 8.32. The number of hydrogen-bond acceptors (Lipinski definition) is 3. The van der Waals surface area contributed by atoms with Crippen LogP contribution in [0, 0.1) is 0 Å². The summed E-state index contributed by atoms with van der Waals surface area (Å²) in [6.07, 6.45) is 2.26. The summed E-state index contributed by atoms with van der Waals surface area (Å²) in [6.45, 7) is 7.45. The minimum atomic E-state index is 0.220. The van der Waals surface area contributed by atoms with Crippen molar-refractivity contribution in [3.63, 3.8) is 0 Å². The number of hydrazine groups is 1. The number of nitrogens with zero attached hydrogens (tertiary/aromatic N) is 1. The third kappa shape index (κ3) is 1.55. The van der Waals surface area contributed by atoms with E-state index in [1.165, 1.54) is 0 Å². The summed E-state index contributed by atoms with van der Waals surface area (Å²) in [5.74, 6) is 5.93. The summed E-state index contributed by atoms with van der Waals surface area (Å²) < 4.78 is 0. The molecule has 0 atom stereocenters. The first-order chi connectivity index (χ1) is 5.25. The number of piperazine rings is 1. The van der Waals surface area contributed by atoms with Gasteiger partial charge in [-0.05, 0) is 12.8 Å². The zero-order valence-electron chi connectivity index (χ0n) is 7.56. The van der Waals surface area contributed by atoms with E-state index in [1.807, 2.05) is 5.01 Å². The van der Waals surface area contributed by atoms with Crippen LogP contribution in [0.5, 0.6) is 0 Å². The molecule has 0 aromatic rings. The highest BCUT2D eigenvalue weighted by molar-refractivity contribution is 4.91. The molecule has 0 saturated carbocycles. The third-order valence-corrected chi connectivity index (χ3v) is 2.91. The van der Waals surface area contributed by atoms with E-state index in [0.717, 1.165) is 32.5 Å². The van der Waals surface area contributed by atoms with Gasteiger partial charge in [-0.25, -0.2) is 5.01 Å². The Morgan fingerprint density at radius 1 is 1.45 bits per heavy atom. The lowest BCUT2D eigenvalue weighted by Crippen LogP contribution is -2.63. The van der Waals surface area contributed by atoms with Gasteiger partial charge in [-0.15, -0.1) is 0 Å². The second-order valence-corrected chi connectivity index (χ2v) is 3.30. The fourth-order valence-corrected chi connectivity index (χ4v) is 1.77. The molecule has 1 saturated heterocycles. The molecular weight excluding hydrogens is 138 g/mol. The van der Waals surface area contributed by atoms with E-state index in [9.17, 15) is 0 Å². The second kappa shape index (κ2) is 3.52. The molecule has 0 aliphatic carbocycles. The third-order valence-electron chi connectivity index (χ3n) is 2.91. The van der Waals surface area contributed by atoms with Crippen molar-refractivity contribution in [3.05, 3.63) is 0 Å². The molecule has 11 heavy (non-hydrogen) atoms. The standard InChI is InChI=1S/C8H19N3/c1-3-8(4-2)7-10-5-6-11(8)9/h10H,3-7,9H2,1-2H3. The normalized spacial score (nSPS) is 25.4. The maximum Gasteiger partial charge on any atom is 0.0471 e. The van der Waals surface area contributed by atoms with Gasteiger partial charge in [0.25, 0.3) is 0 Å². The van der Waals surface area contributed by atoms with Gasteiger partial charge in [0.15, 0.2) is 0 Å². The van der Waals surface area contributed by atoms with Gasteiger partial charge in [-0.3, -0.25) is 5.84 Å². The van der Waals surface area contributed by atoms with Crippen LogP contribution in [0.3, 0.4) is 0 Å². The number of rotatable bonds is 2. The Morgan fingerprint density at radius 3 is 2.45 bits per heavy atom. The molecule has 1 rings (SSSR count). The highest BCUT2D eigenvalue weighted by atomic mass is 15.5. The van der Waals surface area contributed by atoms with Crippen LogP contribution in [0.1, 0.15) is 26.7 Å². The van der Waals surface area contributed by atoms with Crippen molar-refractivity contribution in [2.75, 3.05) is 19.6 Å². The van der Waals surface area contributed by atoms with Gasteiger partial charge < -0.3 is 5.32 Å². The lowest BCUT2D eigenvalue weighted by Gasteiger charge is -2.44.